The van der Waals surface area contributed by atoms with E-state index in [1.54, 1.807) is 18.2 Å². The monoisotopic (exact) mass is 444 g/mol. The molecule has 2 aromatic heterocycles. The van der Waals surface area contributed by atoms with Crippen LogP contribution in [0.3, 0.4) is 0 Å². The lowest BCUT2D eigenvalue weighted by Gasteiger charge is -2.08. The van der Waals surface area contributed by atoms with Gasteiger partial charge in [-0.2, -0.15) is 5.10 Å². The summed E-state index contributed by atoms with van der Waals surface area (Å²) >= 11 is 1.41. The highest BCUT2D eigenvalue weighted by Gasteiger charge is 2.14. The van der Waals surface area contributed by atoms with Gasteiger partial charge in [0.25, 0.3) is 11.8 Å². The van der Waals surface area contributed by atoms with Crippen LogP contribution < -0.4 is 10.6 Å². The number of carbonyl (C=O) groups is 2. The van der Waals surface area contributed by atoms with Gasteiger partial charge in [-0.25, -0.2) is 4.68 Å². The Morgan fingerprint density at radius 2 is 1.59 bits per heavy atom. The van der Waals surface area contributed by atoms with Crippen molar-refractivity contribution in [2.45, 2.75) is 26.9 Å². The number of thiophene rings is 1. The third-order valence-corrected chi connectivity index (χ3v) is 6.15. The molecule has 0 radical (unpaired) electrons. The molecule has 0 bridgehead atoms. The molecule has 4 aromatic rings. The van der Waals surface area contributed by atoms with Crippen LogP contribution in [-0.2, 0) is 13.1 Å². The first-order valence-corrected chi connectivity index (χ1v) is 11.2. The summed E-state index contributed by atoms with van der Waals surface area (Å²) in [5.41, 5.74) is 5.41. The number of para-hydroxylation sites is 1. The van der Waals surface area contributed by atoms with Crippen LogP contribution in [0.2, 0.25) is 0 Å². The van der Waals surface area contributed by atoms with E-state index >= 15 is 0 Å². The van der Waals surface area contributed by atoms with Gasteiger partial charge in [-0.05, 0) is 55.1 Å². The van der Waals surface area contributed by atoms with E-state index in [0.29, 0.717) is 23.5 Å². The Labute approximate surface area is 190 Å². The number of nitrogens with one attached hydrogen (secondary N) is 2. The lowest BCUT2D eigenvalue weighted by Crippen LogP contribution is -2.24. The molecule has 0 fully saturated rings. The van der Waals surface area contributed by atoms with E-state index in [0.717, 1.165) is 28.2 Å². The molecular formula is C25H24N4O2S. The summed E-state index contributed by atoms with van der Waals surface area (Å²) in [6, 6.07) is 20.8. The van der Waals surface area contributed by atoms with Crippen LogP contribution in [0.4, 0.5) is 0 Å². The molecule has 0 spiro atoms. The molecule has 7 heteroatoms. The number of rotatable bonds is 7. The predicted molar refractivity (Wildman–Crippen MR) is 126 cm³/mol. The molecule has 32 heavy (non-hydrogen) atoms. The molecule has 2 amide bonds. The van der Waals surface area contributed by atoms with Crippen LogP contribution in [0, 0.1) is 13.8 Å². The van der Waals surface area contributed by atoms with E-state index in [2.05, 4.69) is 15.7 Å². The molecular weight excluding hydrogens is 420 g/mol. The molecule has 2 N–H and O–H groups in total. The van der Waals surface area contributed by atoms with Crippen molar-refractivity contribution in [2.24, 2.45) is 0 Å². The zero-order chi connectivity index (χ0) is 22.5. The van der Waals surface area contributed by atoms with Gasteiger partial charge in [0.2, 0.25) is 0 Å². The van der Waals surface area contributed by atoms with Crippen molar-refractivity contribution in [1.82, 2.24) is 20.4 Å². The number of amides is 2. The Morgan fingerprint density at radius 1 is 0.875 bits per heavy atom. The van der Waals surface area contributed by atoms with Crippen molar-refractivity contribution >= 4 is 23.2 Å². The number of aromatic nitrogens is 2. The number of benzene rings is 2. The van der Waals surface area contributed by atoms with Gasteiger partial charge in [-0.3, -0.25) is 9.59 Å². The minimum absolute atomic E-state index is 0.0939. The van der Waals surface area contributed by atoms with E-state index in [1.807, 2.05) is 72.4 Å². The standard InChI is InChI=1S/C25H24N4O2S/c1-17-22(18(2)29(28-17)21-7-4-3-5-8-21)16-27-24(30)20-12-10-19(11-13-20)15-26-25(31)23-9-6-14-32-23/h3-14H,15-16H2,1-2H3,(H,26,31)(H,27,30). The van der Waals surface area contributed by atoms with Crippen LogP contribution in [-0.4, -0.2) is 21.6 Å². The van der Waals surface area contributed by atoms with Crippen molar-refractivity contribution < 1.29 is 9.59 Å². The number of carbonyl (C=O) groups excluding carboxylic acids is 2. The topological polar surface area (TPSA) is 76.0 Å². The van der Waals surface area contributed by atoms with Crippen molar-refractivity contribution in [3.05, 3.63) is 105 Å². The Morgan fingerprint density at radius 3 is 2.28 bits per heavy atom. The molecule has 0 aliphatic heterocycles. The molecule has 4 rings (SSSR count). The van der Waals surface area contributed by atoms with Gasteiger partial charge in [-0.15, -0.1) is 11.3 Å². The summed E-state index contributed by atoms with van der Waals surface area (Å²) in [5.74, 6) is -0.242. The molecule has 0 aliphatic carbocycles. The van der Waals surface area contributed by atoms with Gasteiger partial charge in [0, 0.05) is 29.9 Å². The van der Waals surface area contributed by atoms with Gasteiger partial charge in [-0.1, -0.05) is 36.4 Å². The second kappa shape index (κ2) is 9.62. The maximum absolute atomic E-state index is 12.6. The summed E-state index contributed by atoms with van der Waals surface area (Å²) in [5, 5.41) is 12.4. The Bertz CT molecular complexity index is 1210. The first-order chi connectivity index (χ1) is 15.5. The average Bonchev–Trinajstić information content (AvgIpc) is 3.45. The van der Waals surface area contributed by atoms with Crippen molar-refractivity contribution in [3.8, 4) is 5.69 Å². The van der Waals surface area contributed by atoms with E-state index in [9.17, 15) is 9.59 Å². The van der Waals surface area contributed by atoms with Crippen molar-refractivity contribution in [2.75, 3.05) is 0 Å². The fraction of sp³-hybridized carbons (Fsp3) is 0.160. The fourth-order valence-electron chi connectivity index (χ4n) is 3.47. The maximum atomic E-state index is 12.6. The molecule has 0 atom stereocenters. The molecule has 2 heterocycles. The summed E-state index contributed by atoms with van der Waals surface area (Å²) in [4.78, 5) is 25.4. The second-order valence-corrected chi connectivity index (χ2v) is 8.38. The predicted octanol–water partition coefficient (Wildman–Crippen LogP) is 4.41. The van der Waals surface area contributed by atoms with Crippen molar-refractivity contribution in [1.29, 1.82) is 0 Å². The van der Waals surface area contributed by atoms with Crippen LogP contribution in [0.15, 0.2) is 72.1 Å². The highest BCUT2D eigenvalue weighted by molar-refractivity contribution is 7.12. The Kier molecular flexibility index (Phi) is 6.47. The zero-order valence-corrected chi connectivity index (χ0v) is 18.8. The molecule has 0 aliphatic rings. The summed E-state index contributed by atoms with van der Waals surface area (Å²) in [7, 11) is 0. The molecule has 2 aromatic carbocycles. The summed E-state index contributed by atoms with van der Waals surface area (Å²) in [6.45, 7) is 4.78. The first kappa shape index (κ1) is 21.5. The van der Waals surface area contributed by atoms with E-state index < -0.39 is 0 Å². The smallest absolute Gasteiger partial charge is 0.261 e. The van der Waals surface area contributed by atoms with Gasteiger partial charge < -0.3 is 10.6 Å². The van der Waals surface area contributed by atoms with Crippen molar-refractivity contribution in [3.63, 3.8) is 0 Å². The molecule has 0 saturated carbocycles. The third-order valence-electron chi connectivity index (χ3n) is 5.28. The zero-order valence-electron chi connectivity index (χ0n) is 18.0. The van der Waals surface area contributed by atoms with Gasteiger partial charge in [0.15, 0.2) is 0 Å². The largest absolute Gasteiger partial charge is 0.348 e. The van der Waals surface area contributed by atoms with Crippen LogP contribution in [0.1, 0.15) is 42.5 Å². The minimum atomic E-state index is -0.148. The van der Waals surface area contributed by atoms with E-state index in [1.165, 1.54) is 11.3 Å². The Balaban J connectivity index is 1.35. The van der Waals surface area contributed by atoms with E-state index in [4.69, 9.17) is 0 Å². The highest BCUT2D eigenvalue weighted by Crippen LogP contribution is 2.18. The molecule has 0 saturated heterocycles. The quantitative estimate of drug-likeness (QED) is 0.443. The van der Waals surface area contributed by atoms with Crippen LogP contribution in [0.5, 0.6) is 0 Å². The average molecular weight is 445 g/mol. The summed E-state index contributed by atoms with van der Waals surface area (Å²) in [6.07, 6.45) is 0. The number of hydrogen-bond donors (Lipinski definition) is 2. The Hall–Kier alpha value is -3.71. The third kappa shape index (κ3) is 4.78. The SMILES string of the molecule is Cc1nn(-c2ccccc2)c(C)c1CNC(=O)c1ccc(CNC(=O)c2cccs2)cc1. The first-order valence-electron chi connectivity index (χ1n) is 10.3. The maximum Gasteiger partial charge on any atom is 0.261 e. The van der Waals surface area contributed by atoms with Gasteiger partial charge in [0.1, 0.15) is 0 Å². The lowest BCUT2D eigenvalue weighted by molar-refractivity contribution is 0.0943. The molecule has 162 valence electrons. The highest BCUT2D eigenvalue weighted by atomic mass is 32.1. The number of aryl methyl sites for hydroxylation is 1. The fourth-order valence-corrected chi connectivity index (χ4v) is 4.11. The summed E-state index contributed by atoms with van der Waals surface area (Å²) < 4.78 is 1.90. The molecule has 6 nitrogen and oxygen atoms in total. The van der Waals surface area contributed by atoms with Crippen LogP contribution >= 0.6 is 11.3 Å². The number of nitrogens with zero attached hydrogens (tertiary/aromatic N) is 2. The minimum Gasteiger partial charge on any atom is -0.348 e. The second-order valence-electron chi connectivity index (χ2n) is 7.44. The van der Waals surface area contributed by atoms with Gasteiger partial charge >= 0.3 is 0 Å². The van der Waals surface area contributed by atoms with Crippen LogP contribution in [0.25, 0.3) is 5.69 Å². The number of hydrogen-bond acceptors (Lipinski definition) is 4. The molecule has 0 unspecified atom stereocenters. The normalized spacial score (nSPS) is 10.7. The van der Waals surface area contributed by atoms with Gasteiger partial charge in [0.05, 0.1) is 16.3 Å². The van der Waals surface area contributed by atoms with E-state index in [-0.39, 0.29) is 11.8 Å². The lowest BCUT2D eigenvalue weighted by atomic mass is 10.1.